The van der Waals surface area contributed by atoms with Crippen LogP contribution in [0.2, 0.25) is 0 Å². The van der Waals surface area contributed by atoms with Gasteiger partial charge in [0.2, 0.25) is 0 Å². The monoisotopic (exact) mass is 301 g/mol. The quantitative estimate of drug-likeness (QED) is 0.796. The molecule has 3 nitrogen and oxygen atoms in total. The van der Waals surface area contributed by atoms with Crippen LogP contribution in [0.25, 0.3) is 11.0 Å². The summed E-state index contributed by atoms with van der Waals surface area (Å²) in [6.45, 7) is 2.35. The lowest BCUT2D eigenvalue weighted by Crippen LogP contribution is -2.21. The summed E-state index contributed by atoms with van der Waals surface area (Å²) in [4.78, 5) is 4.56. The first-order valence-corrected chi connectivity index (χ1v) is 7.15. The van der Waals surface area contributed by atoms with Crippen molar-refractivity contribution < 1.29 is 8.78 Å². The van der Waals surface area contributed by atoms with Gasteiger partial charge < -0.3 is 9.88 Å². The minimum atomic E-state index is -0.566. The normalized spacial score (nSPS) is 12.7. The van der Waals surface area contributed by atoms with Gasteiger partial charge in [-0.1, -0.05) is 18.2 Å². The number of nitrogens with one attached hydrogen (secondary N) is 1. The standard InChI is InChI=1S/C17H17F2N3/c1-11(13-8-7-12(18)9-14(13)19)20-10-17-21-15-5-3-4-6-16(15)22(17)2/h3-9,11,20H,10H2,1-2H3/t11-/m1/s1. The molecule has 0 aliphatic rings. The summed E-state index contributed by atoms with van der Waals surface area (Å²) in [5, 5.41) is 3.23. The Labute approximate surface area is 127 Å². The van der Waals surface area contributed by atoms with E-state index in [1.54, 1.807) is 0 Å². The van der Waals surface area contributed by atoms with Crippen LogP contribution in [0.1, 0.15) is 24.4 Å². The zero-order valence-corrected chi connectivity index (χ0v) is 12.5. The molecule has 22 heavy (non-hydrogen) atoms. The zero-order valence-electron chi connectivity index (χ0n) is 12.5. The van der Waals surface area contributed by atoms with Crippen molar-refractivity contribution in [1.82, 2.24) is 14.9 Å². The third-order valence-corrected chi connectivity index (χ3v) is 3.88. The van der Waals surface area contributed by atoms with Gasteiger partial charge in [0.15, 0.2) is 0 Å². The number of benzene rings is 2. The fourth-order valence-electron chi connectivity index (χ4n) is 2.56. The molecular weight excluding hydrogens is 284 g/mol. The second-order valence-electron chi connectivity index (χ2n) is 5.34. The topological polar surface area (TPSA) is 29.9 Å². The van der Waals surface area contributed by atoms with E-state index in [1.165, 1.54) is 12.1 Å². The average molecular weight is 301 g/mol. The number of hydrogen-bond acceptors (Lipinski definition) is 2. The van der Waals surface area contributed by atoms with Crippen molar-refractivity contribution in [1.29, 1.82) is 0 Å². The maximum Gasteiger partial charge on any atom is 0.130 e. The van der Waals surface area contributed by atoms with Gasteiger partial charge in [0.05, 0.1) is 17.6 Å². The number of nitrogens with zero attached hydrogens (tertiary/aromatic N) is 2. The van der Waals surface area contributed by atoms with Crippen molar-refractivity contribution in [2.75, 3.05) is 0 Å². The Bertz CT molecular complexity index is 811. The van der Waals surface area contributed by atoms with Crippen LogP contribution in [-0.4, -0.2) is 9.55 Å². The van der Waals surface area contributed by atoms with Crippen molar-refractivity contribution in [3.8, 4) is 0 Å². The van der Waals surface area contributed by atoms with Crippen LogP contribution in [0.15, 0.2) is 42.5 Å². The molecule has 1 heterocycles. The molecule has 1 N–H and O–H groups in total. The molecule has 0 bridgehead atoms. The highest BCUT2D eigenvalue weighted by Gasteiger charge is 2.13. The SMILES string of the molecule is C[C@@H](NCc1nc2ccccc2n1C)c1ccc(F)cc1F. The van der Waals surface area contributed by atoms with Crippen molar-refractivity contribution in [3.05, 3.63) is 65.5 Å². The smallest absolute Gasteiger partial charge is 0.130 e. The number of aryl methyl sites for hydroxylation is 1. The molecule has 0 aliphatic carbocycles. The number of hydrogen-bond donors (Lipinski definition) is 1. The van der Waals surface area contributed by atoms with Crippen LogP contribution >= 0.6 is 0 Å². The van der Waals surface area contributed by atoms with E-state index in [0.29, 0.717) is 12.1 Å². The highest BCUT2D eigenvalue weighted by molar-refractivity contribution is 5.75. The molecule has 3 aromatic rings. The summed E-state index contributed by atoms with van der Waals surface area (Å²) in [6, 6.07) is 11.3. The lowest BCUT2D eigenvalue weighted by molar-refractivity contribution is 0.508. The molecule has 2 aromatic carbocycles. The summed E-state index contributed by atoms with van der Waals surface area (Å²) in [7, 11) is 1.95. The fourth-order valence-corrected chi connectivity index (χ4v) is 2.56. The Morgan fingerprint density at radius 2 is 1.95 bits per heavy atom. The van der Waals surface area contributed by atoms with Gasteiger partial charge in [-0.05, 0) is 25.1 Å². The molecule has 0 saturated heterocycles. The first-order chi connectivity index (χ1) is 10.6. The van der Waals surface area contributed by atoms with E-state index in [1.807, 2.05) is 42.8 Å². The largest absolute Gasteiger partial charge is 0.330 e. The van der Waals surface area contributed by atoms with Crippen LogP contribution in [0.5, 0.6) is 0 Å². The van der Waals surface area contributed by atoms with Gasteiger partial charge in [-0.25, -0.2) is 13.8 Å². The van der Waals surface area contributed by atoms with Gasteiger partial charge in [0.1, 0.15) is 17.5 Å². The highest BCUT2D eigenvalue weighted by atomic mass is 19.1. The van der Waals surface area contributed by atoms with Gasteiger partial charge >= 0.3 is 0 Å². The second-order valence-corrected chi connectivity index (χ2v) is 5.34. The predicted molar refractivity (Wildman–Crippen MR) is 82.3 cm³/mol. The molecule has 0 aliphatic heterocycles. The summed E-state index contributed by atoms with van der Waals surface area (Å²) in [6.07, 6.45) is 0. The Kier molecular flexibility index (Phi) is 3.90. The van der Waals surface area contributed by atoms with E-state index in [0.717, 1.165) is 22.9 Å². The number of halogens is 2. The van der Waals surface area contributed by atoms with E-state index in [-0.39, 0.29) is 6.04 Å². The zero-order chi connectivity index (χ0) is 15.7. The summed E-state index contributed by atoms with van der Waals surface area (Å²) in [5.41, 5.74) is 2.43. The summed E-state index contributed by atoms with van der Waals surface area (Å²) in [5.74, 6) is -0.232. The minimum Gasteiger partial charge on any atom is -0.330 e. The molecule has 114 valence electrons. The third-order valence-electron chi connectivity index (χ3n) is 3.88. The number of para-hydroxylation sites is 2. The Morgan fingerprint density at radius 3 is 2.68 bits per heavy atom. The molecule has 0 radical (unpaired) electrons. The molecule has 0 spiro atoms. The Balaban J connectivity index is 1.77. The maximum absolute atomic E-state index is 13.8. The Hall–Kier alpha value is -2.27. The minimum absolute atomic E-state index is 0.236. The number of fused-ring (bicyclic) bond motifs is 1. The van der Waals surface area contributed by atoms with E-state index < -0.39 is 11.6 Å². The van der Waals surface area contributed by atoms with Crippen LogP contribution in [-0.2, 0) is 13.6 Å². The van der Waals surface area contributed by atoms with Gasteiger partial charge in [0.25, 0.3) is 0 Å². The predicted octanol–water partition coefficient (Wildman–Crippen LogP) is 3.70. The van der Waals surface area contributed by atoms with Crippen LogP contribution in [0.4, 0.5) is 8.78 Å². The van der Waals surface area contributed by atoms with Gasteiger partial charge in [-0.3, -0.25) is 0 Å². The van der Waals surface area contributed by atoms with Gasteiger partial charge in [-0.15, -0.1) is 0 Å². The molecule has 0 amide bonds. The van der Waals surface area contributed by atoms with Crippen molar-refractivity contribution in [2.45, 2.75) is 19.5 Å². The van der Waals surface area contributed by atoms with Crippen molar-refractivity contribution in [2.24, 2.45) is 7.05 Å². The van der Waals surface area contributed by atoms with E-state index in [4.69, 9.17) is 0 Å². The van der Waals surface area contributed by atoms with E-state index >= 15 is 0 Å². The van der Waals surface area contributed by atoms with Crippen LogP contribution in [0.3, 0.4) is 0 Å². The Morgan fingerprint density at radius 1 is 1.18 bits per heavy atom. The van der Waals surface area contributed by atoms with Crippen LogP contribution in [0, 0.1) is 11.6 Å². The number of aromatic nitrogens is 2. The molecule has 1 aromatic heterocycles. The molecule has 0 unspecified atom stereocenters. The molecule has 5 heteroatoms. The average Bonchev–Trinajstić information content (AvgIpc) is 2.82. The molecule has 0 fully saturated rings. The first-order valence-electron chi connectivity index (χ1n) is 7.15. The summed E-state index contributed by atoms with van der Waals surface area (Å²) >= 11 is 0. The third kappa shape index (κ3) is 2.72. The number of imidazole rings is 1. The maximum atomic E-state index is 13.8. The fraction of sp³-hybridized carbons (Fsp3) is 0.235. The van der Waals surface area contributed by atoms with Crippen LogP contribution < -0.4 is 5.32 Å². The highest BCUT2D eigenvalue weighted by Crippen LogP contribution is 2.19. The molecule has 1 atom stereocenters. The lowest BCUT2D eigenvalue weighted by atomic mass is 10.1. The van der Waals surface area contributed by atoms with E-state index in [9.17, 15) is 8.78 Å². The van der Waals surface area contributed by atoms with Crippen molar-refractivity contribution >= 4 is 11.0 Å². The second kappa shape index (κ2) is 5.85. The first kappa shape index (κ1) is 14.7. The number of rotatable bonds is 4. The van der Waals surface area contributed by atoms with Crippen molar-refractivity contribution in [3.63, 3.8) is 0 Å². The van der Waals surface area contributed by atoms with Gasteiger partial charge in [-0.2, -0.15) is 0 Å². The molecule has 0 saturated carbocycles. The molecular formula is C17H17F2N3. The van der Waals surface area contributed by atoms with Gasteiger partial charge in [0, 0.05) is 24.7 Å². The molecule has 3 rings (SSSR count). The summed E-state index contributed by atoms with van der Waals surface area (Å²) < 4.78 is 28.7. The van der Waals surface area contributed by atoms with E-state index in [2.05, 4.69) is 10.3 Å². The lowest BCUT2D eigenvalue weighted by Gasteiger charge is -2.15.